The molecular formula is C13H20N4O8. The summed E-state index contributed by atoms with van der Waals surface area (Å²) in [5.74, 6) is -1.24. The highest BCUT2D eigenvalue weighted by molar-refractivity contribution is 5.94. The maximum atomic E-state index is 12.4. The number of nitrogen functional groups attached to an aromatic ring is 1. The molecule has 0 aromatic carbocycles. The third-order valence-electron chi connectivity index (χ3n) is 4.01. The molecule has 5 atom stereocenters. The molecule has 0 spiro atoms. The Balaban J connectivity index is 2.60. The Morgan fingerprint density at radius 1 is 1.28 bits per heavy atom. The first-order valence-corrected chi connectivity index (χ1v) is 7.30. The van der Waals surface area contributed by atoms with Gasteiger partial charge in [0.15, 0.2) is 11.9 Å². The lowest BCUT2D eigenvalue weighted by Crippen LogP contribution is -2.65. The molecule has 1 aliphatic rings. The lowest BCUT2D eigenvalue weighted by molar-refractivity contribution is -0.228. The van der Waals surface area contributed by atoms with Crippen molar-refractivity contribution in [3.05, 3.63) is 20.8 Å². The van der Waals surface area contributed by atoms with Crippen molar-refractivity contribution < 1.29 is 30.0 Å². The molecule has 0 aliphatic carbocycles. The lowest BCUT2D eigenvalue weighted by atomic mass is 9.97. The number of nitrogens with zero attached hydrogens (tertiary/aromatic N) is 2. The smallest absolute Gasteiger partial charge is 0.329 e. The molecule has 12 heteroatoms. The van der Waals surface area contributed by atoms with Gasteiger partial charge in [0.05, 0.1) is 6.61 Å². The Morgan fingerprint density at radius 3 is 2.40 bits per heavy atom. The van der Waals surface area contributed by atoms with Gasteiger partial charge in [0.25, 0.3) is 5.56 Å². The molecule has 1 fully saturated rings. The summed E-state index contributed by atoms with van der Waals surface area (Å²) in [6, 6.07) is 0. The molecule has 2 rings (SSSR count). The number of nitrogens with one attached hydrogen (secondary N) is 1. The van der Waals surface area contributed by atoms with Gasteiger partial charge in [-0.15, -0.1) is 0 Å². The molecular weight excluding hydrogens is 340 g/mol. The van der Waals surface area contributed by atoms with Crippen molar-refractivity contribution in [3.8, 4) is 0 Å². The molecule has 1 amide bonds. The lowest BCUT2D eigenvalue weighted by Gasteiger charge is -2.44. The topological polar surface area (TPSA) is 191 Å². The fourth-order valence-electron chi connectivity index (χ4n) is 2.62. The van der Waals surface area contributed by atoms with Gasteiger partial charge in [0, 0.05) is 14.0 Å². The Morgan fingerprint density at radius 2 is 1.88 bits per heavy atom. The molecule has 0 saturated carbocycles. The van der Waals surface area contributed by atoms with Gasteiger partial charge in [0.2, 0.25) is 5.91 Å². The highest BCUT2D eigenvalue weighted by atomic mass is 16.6. The number of H-pyrrole nitrogens is 1. The predicted molar refractivity (Wildman–Crippen MR) is 83.6 cm³/mol. The number of ether oxygens (including phenoxy) is 1. The molecule has 25 heavy (non-hydrogen) atoms. The molecule has 2 heterocycles. The molecule has 0 bridgehead atoms. The first kappa shape index (κ1) is 19.1. The number of hydrogen-bond donors (Lipinski definition) is 6. The second kappa shape index (κ2) is 6.93. The maximum Gasteiger partial charge on any atom is 0.329 e. The van der Waals surface area contributed by atoms with E-state index in [1.54, 1.807) is 0 Å². The zero-order chi connectivity index (χ0) is 19.0. The van der Waals surface area contributed by atoms with Crippen LogP contribution < -0.4 is 21.9 Å². The van der Waals surface area contributed by atoms with E-state index in [1.807, 2.05) is 0 Å². The van der Waals surface area contributed by atoms with Gasteiger partial charge in [-0.25, -0.2) is 4.79 Å². The SMILES string of the molecule is CC(=O)N(c1c(N)[nH]c(=O)n(C)c1=O)[C@H]1O[C@@H](CO)[C@@H](O)[C@@H](O)[C@H]1O. The third kappa shape index (κ3) is 3.17. The Kier molecular flexibility index (Phi) is 5.29. The fourth-order valence-corrected chi connectivity index (χ4v) is 2.62. The number of aromatic amines is 1. The van der Waals surface area contributed by atoms with Crippen LogP contribution in [0.1, 0.15) is 6.92 Å². The number of nitrogens with two attached hydrogens (primary N) is 1. The summed E-state index contributed by atoms with van der Waals surface area (Å²) >= 11 is 0. The van der Waals surface area contributed by atoms with Crippen molar-refractivity contribution in [2.24, 2.45) is 7.05 Å². The van der Waals surface area contributed by atoms with Crippen molar-refractivity contribution in [3.63, 3.8) is 0 Å². The number of rotatable bonds is 3. The average molecular weight is 360 g/mol. The highest BCUT2D eigenvalue weighted by Gasteiger charge is 2.47. The van der Waals surface area contributed by atoms with Crippen LogP contribution in [0.3, 0.4) is 0 Å². The first-order chi connectivity index (χ1) is 11.6. The van der Waals surface area contributed by atoms with E-state index in [9.17, 15) is 34.8 Å². The van der Waals surface area contributed by atoms with Crippen molar-refractivity contribution in [1.82, 2.24) is 9.55 Å². The van der Waals surface area contributed by atoms with E-state index in [0.717, 1.165) is 14.0 Å². The molecule has 1 aromatic heterocycles. The van der Waals surface area contributed by atoms with Crippen LogP contribution in [0.4, 0.5) is 11.5 Å². The van der Waals surface area contributed by atoms with Gasteiger partial charge in [-0.3, -0.25) is 24.0 Å². The quantitative estimate of drug-likeness (QED) is 0.310. The van der Waals surface area contributed by atoms with Crippen molar-refractivity contribution in [1.29, 1.82) is 0 Å². The minimum Gasteiger partial charge on any atom is -0.394 e. The van der Waals surface area contributed by atoms with Crippen LogP contribution in [0.25, 0.3) is 0 Å². The van der Waals surface area contributed by atoms with Gasteiger partial charge < -0.3 is 30.9 Å². The van der Waals surface area contributed by atoms with E-state index in [-0.39, 0.29) is 0 Å². The van der Waals surface area contributed by atoms with Crippen molar-refractivity contribution in [2.45, 2.75) is 37.6 Å². The Bertz CT molecular complexity index is 772. The number of amides is 1. The van der Waals surface area contributed by atoms with Crippen LogP contribution in [-0.4, -0.2) is 73.1 Å². The molecule has 7 N–H and O–H groups in total. The molecule has 12 nitrogen and oxygen atoms in total. The summed E-state index contributed by atoms with van der Waals surface area (Å²) in [4.78, 5) is 38.9. The summed E-state index contributed by atoms with van der Waals surface area (Å²) in [5, 5.41) is 39.1. The molecule has 1 saturated heterocycles. The monoisotopic (exact) mass is 360 g/mol. The average Bonchev–Trinajstić information content (AvgIpc) is 2.55. The fraction of sp³-hybridized carbons (Fsp3) is 0.615. The van der Waals surface area contributed by atoms with Crippen molar-refractivity contribution >= 4 is 17.4 Å². The summed E-state index contributed by atoms with van der Waals surface area (Å²) in [6.07, 6.45) is -8.13. The van der Waals surface area contributed by atoms with E-state index in [0.29, 0.717) is 9.47 Å². The second-order valence-electron chi connectivity index (χ2n) is 5.67. The molecule has 1 aliphatic heterocycles. The molecule has 1 aromatic rings. The Hall–Kier alpha value is -2.25. The number of anilines is 2. The Labute approximate surface area is 140 Å². The predicted octanol–water partition coefficient (Wildman–Crippen LogP) is -4.19. The highest BCUT2D eigenvalue weighted by Crippen LogP contribution is 2.28. The number of aliphatic hydroxyl groups is 4. The number of carbonyl (C=O) groups is 1. The number of aromatic nitrogens is 2. The van der Waals surface area contributed by atoms with E-state index < -0.39 is 65.9 Å². The van der Waals surface area contributed by atoms with Gasteiger partial charge in [-0.1, -0.05) is 0 Å². The summed E-state index contributed by atoms with van der Waals surface area (Å²) in [5.41, 5.74) is 3.42. The van der Waals surface area contributed by atoms with Crippen LogP contribution in [0.2, 0.25) is 0 Å². The van der Waals surface area contributed by atoms with E-state index in [1.165, 1.54) is 0 Å². The minimum absolute atomic E-state index is 0.444. The zero-order valence-electron chi connectivity index (χ0n) is 13.5. The number of carbonyl (C=O) groups excluding carboxylic acids is 1. The summed E-state index contributed by atoms with van der Waals surface area (Å²) in [6.45, 7) is 0.331. The van der Waals surface area contributed by atoms with Crippen LogP contribution in [0.5, 0.6) is 0 Å². The van der Waals surface area contributed by atoms with Crippen LogP contribution in [0.15, 0.2) is 9.59 Å². The third-order valence-corrected chi connectivity index (χ3v) is 4.01. The van der Waals surface area contributed by atoms with Crippen LogP contribution in [0, 0.1) is 0 Å². The second-order valence-corrected chi connectivity index (χ2v) is 5.67. The van der Waals surface area contributed by atoms with E-state index in [2.05, 4.69) is 4.98 Å². The molecule has 0 unspecified atom stereocenters. The van der Waals surface area contributed by atoms with Crippen molar-refractivity contribution in [2.75, 3.05) is 17.2 Å². The van der Waals surface area contributed by atoms with Gasteiger partial charge in [-0.2, -0.15) is 0 Å². The van der Waals surface area contributed by atoms with Gasteiger partial charge >= 0.3 is 5.69 Å². The maximum absolute atomic E-state index is 12.4. The van der Waals surface area contributed by atoms with Gasteiger partial charge in [0.1, 0.15) is 30.2 Å². The number of hydrogen-bond acceptors (Lipinski definition) is 9. The van der Waals surface area contributed by atoms with E-state index >= 15 is 0 Å². The first-order valence-electron chi connectivity index (χ1n) is 7.30. The standard InChI is InChI=1S/C13H20N4O8/c1-4(19)17(6-10(14)15-13(24)16(2)11(6)23)12-9(22)8(21)7(20)5(3-18)25-12/h5,7-9,12,18,20-22H,3,14H2,1-2H3,(H,15,24)/t5-,7+,8+,9+,12-/m0/s1. The van der Waals surface area contributed by atoms with E-state index in [4.69, 9.17) is 10.5 Å². The molecule has 0 radical (unpaired) electrons. The largest absolute Gasteiger partial charge is 0.394 e. The summed E-state index contributed by atoms with van der Waals surface area (Å²) < 4.78 is 5.95. The van der Waals surface area contributed by atoms with Gasteiger partial charge in [-0.05, 0) is 0 Å². The van der Waals surface area contributed by atoms with Crippen LogP contribution in [-0.2, 0) is 16.6 Å². The molecule has 140 valence electrons. The number of aliphatic hydroxyl groups excluding tert-OH is 4. The zero-order valence-corrected chi connectivity index (χ0v) is 13.5. The normalized spacial score (nSPS) is 29.4. The minimum atomic E-state index is -1.81. The van der Waals surface area contributed by atoms with Crippen LogP contribution >= 0.6 is 0 Å². The summed E-state index contributed by atoms with van der Waals surface area (Å²) in [7, 11) is 1.15.